The van der Waals surface area contributed by atoms with Crippen LogP contribution in [0.4, 0.5) is 4.79 Å². The Hall–Kier alpha value is -5.03. The van der Waals surface area contributed by atoms with Crippen LogP contribution in [0, 0.1) is 16.7 Å². The van der Waals surface area contributed by atoms with E-state index < -0.39 is 70.4 Å². The minimum Gasteiger partial charge on any atom is -0.346 e. The number of rotatable bonds is 13. The molecule has 1 saturated carbocycles. The van der Waals surface area contributed by atoms with Gasteiger partial charge in [0.05, 0.1) is 25.0 Å². The predicted molar refractivity (Wildman–Crippen MR) is 208 cm³/mol. The summed E-state index contributed by atoms with van der Waals surface area (Å²) in [6.45, 7) is 18.4. The first-order valence-corrected chi connectivity index (χ1v) is 19.2. The molecule has 2 fully saturated rings. The van der Waals surface area contributed by atoms with Crippen LogP contribution in [0.2, 0.25) is 0 Å². The number of hydrogen-bond donors (Lipinski definition) is 4. The number of Topliss-reactive ketones (excluding diaryl/α,β-unsaturated/α-hetero) is 1. The highest BCUT2D eigenvalue weighted by Gasteiger charge is 2.45. The van der Waals surface area contributed by atoms with E-state index in [4.69, 9.17) is 0 Å². The van der Waals surface area contributed by atoms with Crippen LogP contribution in [0.3, 0.4) is 0 Å². The first kappa shape index (κ1) is 42.7. The largest absolute Gasteiger partial charge is 0.346 e. The summed E-state index contributed by atoms with van der Waals surface area (Å²) in [4.78, 5) is 97.6. The molecular weight excluding hydrogens is 700 g/mol. The molecule has 3 aliphatic rings. The molecule has 4 rings (SSSR count). The molecule has 0 radical (unpaired) electrons. The van der Waals surface area contributed by atoms with Crippen LogP contribution in [0.25, 0.3) is 0 Å². The molecule has 1 aromatic carbocycles. The van der Waals surface area contributed by atoms with Crippen molar-refractivity contribution in [1.82, 2.24) is 31.1 Å². The zero-order valence-corrected chi connectivity index (χ0v) is 33.6. The molecule has 55 heavy (non-hydrogen) atoms. The van der Waals surface area contributed by atoms with Gasteiger partial charge in [-0.2, -0.15) is 0 Å². The summed E-state index contributed by atoms with van der Waals surface area (Å²) in [5.41, 5.74) is 4.48. The van der Waals surface area contributed by atoms with Crippen LogP contribution in [0.5, 0.6) is 0 Å². The molecule has 1 unspecified atom stereocenters. The quantitative estimate of drug-likeness (QED) is 0.102. The number of benzene rings is 1. The van der Waals surface area contributed by atoms with E-state index in [1.54, 1.807) is 45.0 Å². The summed E-state index contributed by atoms with van der Waals surface area (Å²) in [7, 11) is 0. The van der Waals surface area contributed by atoms with Gasteiger partial charge in [0.15, 0.2) is 0 Å². The lowest BCUT2D eigenvalue weighted by Gasteiger charge is -2.38. The van der Waals surface area contributed by atoms with Gasteiger partial charge in [-0.1, -0.05) is 85.1 Å². The summed E-state index contributed by atoms with van der Waals surface area (Å²) in [5.74, 6) is -3.26. The fraction of sp³-hybridized carbons (Fsp3) is 0.571. The Morgan fingerprint density at radius 2 is 1.64 bits per heavy atom. The van der Waals surface area contributed by atoms with E-state index in [-0.39, 0.29) is 44.3 Å². The van der Waals surface area contributed by atoms with Crippen molar-refractivity contribution in [2.75, 3.05) is 19.6 Å². The van der Waals surface area contributed by atoms with E-state index in [1.165, 1.54) is 15.9 Å². The second-order valence-corrected chi connectivity index (χ2v) is 17.4. The van der Waals surface area contributed by atoms with Crippen molar-refractivity contribution in [3.05, 3.63) is 64.9 Å². The number of ketones is 1. The van der Waals surface area contributed by atoms with Gasteiger partial charge in [0.1, 0.15) is 12.1 Å². The number of amides is 7. The summed E-state index contributed by atoms with van der Waals surface area (Å²) < 4.78 is 0. The molecule has 2 aliphatic heterocycles. The lowest BCUT2D eigenvalue weighted by molar-refractivity contribution is -0.144. The first-order chi connectivity index (χ1) is 25.7. The third kappa shape index (κ3) is 10.8. The van der Waals surface area contributed by atoms with Gasteiger partial charge in [-0.3, -0.25) is 33.7 Å². The normalized spacial score (nSPS) is 18.9. The number of likely N-dealkylation sites (tertiary alicyclic amines) is 1. The van der Waals surface area contributed by atoms with Crippen molar-refractivity contribution in [3.63, 3.8) is 0 Å². The van der Waals surface area contributed by atoms with Crippen molar-refractivity contribution >= 4 is 41.4 Å². The smallest absolute Gasteiger partial charge is 0.315 e. The highest BCUT2D eigenvalue weighted by Crippen LogP contribution is 2.32. The number of carbonyl (C=O) groups is 7. The van der Waals surface area contributed by atoms with E-state index in [0.717, 1.165) is 24.8 Å². The van der Waals surface area contributed by atoms with Crippen LogP contribution in [0.1, 0.15) is 103 Å². The highest BCUT2D eigenvalue weighted by atomic mass is 16.2. The van der Waals surface area contributed by atoms with Crippen molar-refractivity contribution in [1.29, 1.82) is 0 Å². The minimum absolute atomic E-state index is 0.0668. The lowest BCUT2D eigenvalue weighted by atomic mass is 9.80. The number of fused-ring (bicyclic) bond motifs is 1. The van der Waals surface area contributed by atoms with Gasteiger partial charge in [-0.15, -0.1) is 12.3 Å². The van der Waals surface area contributed by atoms with Gasteiger partial charge in [0.25, 0.3) is 11.8 Å². The molecule has 298 valence electrons. The predicted octanol–water partition coefficient (Wildman–Crippen LogP) is 3.98. The summed E-state index contributed by atoms with van der Waals surface area (Å²) >= 11 is 0. The van der Waals surface area contributed by atoms with Gasteiger partial charge in [0, 0.05) is 25.1 Å². The van der Waals surface area contributed by atoms with E-state index in [1.807, 2.05) is 34.6 Å². The van der Waals surface area contributed by atoms with E-state index >= 15 is 0 Å². The Bertz CT molecular complexity index is 1770. The van der Waals surface area contributed by atoms with Crippen molar-refractivity contribution in [2.45, 2.75) is 118 Å². The Kier molecular flexibility index (Phi) is 13.7. The first-order valence-electron chi connectivity index (χ1n) is 19.2. The summed E-state index contributed by atoms with van der Waals surface area (Å²) in [5, 5.41) is 11.1. The Morgan fingerprint density at radius 3 is 2.22 bits per heavy atom. The highest BCUT2D eigenvalue weighted by molar-refractivity contribution is 6.38. The maximum Gasteiger partial charge on any atom is 0.315 e. The maximum atomic E-state index is 14.6. The Morgan fingerprint density at radius 1 is 0.964 bits per heavy atom. The third-order valence-electron chi connectivity index (χ3n) is 10.5. The summed E-state index contributed by atoms with van der Waals surface area (Å²) in [6, 6.07) is 2.38. The monoisotopic (exact) mass is 758 g/mol. The number of carbonyl (C=O) groups excluding carboxylic acids is 7. The van der Waals surface area contributed by atoms with E-state index in [2.05, 4.69) is 33.6 Å². The maximum absolute atomic E-state index is 14.6. The van der Waals surface area contributed by atoms with Gasteiger partial charge < -0.3 is 26.2 Å². The molecule has 0 aromatic heterocycles. The van der Waals surface area contributed by atoms with Gasteiger partial charge in [-0.05, 0) is 59.8 Å². The molecule has 13 heteroatoms. The topological polar surface area (TPSA) is 174 Å². The van der Waals surface area contributed by atoms with Crippen LogP contribution >= 0.6 is 0 Å². The Balaban J connectivity index is 1.56. The zero-order chi connectivity index (χ0) is 40.8. The second kappa shape index (κ2) is 17.6. The average molecular weight is 759 g/mol. The van der Waals surface area contributed by atoms with Crippen molar-refractivity contribution < 1.29 is 33.6 Å². The average Bonchev–Trinajstić information content (AvgIpc) is 3.50. The third-order valence-corrected chi connectivity index (χ3v) is 10.5. The molecule has 2 heterocycles. The molecule has 13 nitrogen and oxygen atoms in total. The van der Waals surface area contributed by atoms with Crippen LogP contribution < -0.4 is 21.3 Å². The van der Waals surface area contributed by atoms with Crippen LogP contribution in [-0.2, 0) is 30.4 Å². The SMILES string of the molecule is C=CCNC(=O)C(=O)C(CC1CCC1)NC(=O)[C@@H]1CC(=C=C(C)C)CN1C(=O)[C@@H](NC(=O)N[C@H](CN1C(=O)Cc2ccccc2C1=O)C(C)(C)C)C(C)(C)C. The molecule has 1 aromatic rings. The molecule has 0 bridgehead atoms. The van der Waals surface area contributed by atoms with E-state index in [9.17, 15) is 33.6 Å². The molecule has 4 atom stereocenters. The number of nitrogens with one attached hydrogen (secondary N) is 4. The van der Waals surface area contributed by atoms with Crippen LogP contribution in [-0.4, -0.2) is 95.0 Å². The fourth-order valence-electron chi connectivity index (χ4n) is 7.05. The zero-order valence-electron chi connectivity index (χ0n) is 33.6. The molecule has 1 aliphatic carbocycles. The summed E-state index contributed by atoms with van der Waals surface area (Å²) in [6.07, 6.45) is 4.80. The molecule has 7 amide bonds. The number of imide groups is 1. The van der Waals surface area contributed by atoms with Crippen LogP contribution in [0.15, 0.2) is 53.8 Å². The second-order valence-electron chi connectivity index (χ2n) is 17.4. The number of hydrogen-bond acceptors (Lipinski definition) is 7. The number of urea groups is 1. The lowest BCUT2D eigenvalue weighted by Crippen LogP contribution is -2.62. The number of nitrogens with zero attached hydrogens (tertiary/aromatic N) is 2. The van der Waals surface area contributed by atoms with Crippen molar-refractivity contribution in [2.24, 2.45) is 16.7 Å². The van der Waals surface area contributed by atoms with Gasteiger partial charge in [0.2, 0.25) is 23.5 Å². The molecule has 4 N–H and O–H groups in total. The Labute approximate surface area is 324 Å². The minimum atomic E-state index is -1.11. The van der Waals surface area contributed by atoms with Gasteiger partial charge in [-0.25, -0.2) is 4.79 Å². The van der Waals surface area contributed by atoms with E-state index in [0.29, 0.717) is 23.1 Å². The standard InChI is InChI=1S/C42H58N6O7/c1-10-18-43-37(52)34(50)30(20-26-14-13-15-26)44-36(51)31-21-27(19-25(2)3)23-47(31)39(54)35(42(7,8)9)46-40(55)45-32(41(4,5)6)24-48-33(49)22-28-16-11-12-17-29(28)38(48)53/h10-12,16-17,26,30-32,35H,1,13-15,18,20-24H2,2-9H3,(H,43,52)(H,44,51)(H2,45,46,55)/t30?,31-,32+,35+/m0/s1. The van der Waals surface area contributed by atoms with Crippen molar-refractivity contribution in [3.8, 4) is 0 Å². The fourth-order valence-corrected chi connectivity index (χ4v) is 7.05. The molecular formula is C42H58N6O7. The molecule has 0 spiro atoms. The molecule has 1 saturated heterocycles. The van der Waals surface area contributed by atoms with Gasteiger partial charge >= 0.3 is 6.03 Å².